The number of sulfonamides is 1. The van der Waals surface area contributed by atoms with Gasteiger partial charge in [0.2, 0.25) is 5.13 Å². The standard InChI is InChI=1S/C26H26N4O4S2/c1-18-19(2)35-26(27-18)29-28-25(31)21-10-7-11-24(16-21)36(32,33)30(17-20-8-5-4-6-9-20)22-12-14-23(34-3)15-13-22/h4-16H,17H2,1-3H3,(H,27,29)(H,28,31). The van der Waals surface area contributed by atoms with E-state index in [-0.39, 0.29) is 17.0 Å². The number of aromatic nitrogens is 1. The topological polar surface area (TPSA) is 101 Å². The quantitative estimate of drug-likeness (QED) is 0.303. The lowest BCUT2D eigenvalue weighted by atomic mass is 10.2. The second-order valence-electron chi connectivity index (χ2n) is 7.96. The van der Waals surface area contributed by atoms with Gasteiger partial charge in [0.1, 0.15) is 5.75 Å². The minimum atomic E-state index is -4.02. The highest BCUT2D eigenvalue weighted by atomic mass is 32.2. The van der Waals surface area contributed by atoms with Gasteiger partial charge in [-0.2, -0.15) is 0 Å². The predicted octanol–water partition coefficient (Wildman–Crippen LogP) is 4.92. The Hall–Kier alpha value is -3.89. The first-order valence-electron chi connectivity index (χ1n) is 11.1. The van der Waals surface area contributed by atoms with Crippen LogP contribution >= 0.6 is 11.3 Å². The molecule has 3 aromatic carbocycles. The molecule has 1 amide bonds. The molecule has 10 heteroatoms. The second-order valence-corrected chi connectivity index (χ2v) is 11.0. The second kappa shape index (κ2) is 10.8. The van der Waals surface area contributed by atoms with Crippen LogP contribution in [0.25, 0.3) is 0 Å². The number of thiazole rings is 1. The number of carbonyl (C=O) groups excluding carboxylic acids is 1. The van der Waals surface area contributed by atoms with Crippen LogP contribution in [0.3, 0.4) is 0 Å². The van der Waals surface area contributed by atoms with Crippen LogP contribution in [0.15, 0.2) is 83.8 Å². The van der Waals surface area contributed by atoms with Crippen molar-refractivity contribution in [1.82, 2.24) is 10.4 Å². The first-order valence-corrected chi connectivity index (χ1v) is 13.3. The molecular formula is C26H26N4O4S2. The van der Waals surface area contributed by atoms with Gasteiger partial charge in [-0.05, 0) is 61.9 Å². The summed E-state index contributed by atoms with van der Waals surface area (Å²) >= 11 is 1.42. The molecule has 0 aliphatic carbocycles. The average molecular weight is 523 g/mol. The lowest BCUT2D eigenvalue weighted by molar-refractivity contribution is 0.0962. The number of carbonyl (C=O) groups is 1. The van der Waals surface area contributed by atoms with Crippen LogP contribution < -0.4 is 19.9 Å². The van der Waals surface area contributed by atoms with Gasteiger partial charge in [-0.1, -0.05) is 36.4 Å². The Labute approximate surface area is 214 Å². The normalized spacial score (nSPS) is 11.1. The summed E-state index contributed by atoms with van der Waals surface area (Å²) in [4.78, 5) is 18.1. The fourth-order valence-electron chi connectivity index (χ4n) is 3.45. The third-order valence-electron chi connectivity index (χ3n) is 5.53. The number of benzene rings is 3. The Morgan fingerprint density at radius 2 is 1.72 bits per heavy atom. The van der Waals surface area contributed by atoms with E-state index in [1.165, 1.54) is 27.8 Å². The number of anilines is 2. The van der Waals surface area contributed by atoms with Crippen molar-refractivity contribution in [1.29, 1.82) is 0 Å². The zero-order chi connectivity index (χ0) is 25.7. The maximum Gasteiger partial charge on any atom is 0.269 e. The molecule has 8 nitrogen and oxygen atoms in total. The van der Waals surface area contributed by atoms with Crippen LogP contribution in [-0.4, -0.2) is 26.4 Å². The number of hydrogen-bond donors (Lipinski definition) is 2. The first kappa shape index (κ1) is 25.2. The van der Waals surface area contributed by atoms with Crippen molar-refractivity contribution in [2.45, 2.75) is 25.3 Å². The number of hydrazine groups is 1. The van der Waals surface area contributed by atoms with Gasteiger partial charge in [-0.15, -0.1) is 11.3 Å². The molecule has 0 aliphatic rings. The summed E-state index contributed by atoms with van der Waals surface area (Å²) in [5.74, 6) is 0.143. The van der Waals surface area contributed by atoms with Crippen LogP contribution in [0.1, 0.15) is 26.5 Å². The van der Waals surface area contributed by atoms with Crippen molar-refractivity contribution >= 4 is 38.1 Å². The van der Waals surface area contributed by atoms with Crippen molar-refractivity contribution in [3.05, 3.63) is 101 Å². The number of nitrogens with one attached hydrogen (secondary N) is 2. The van der Waals surface area contributed by atoms with Gasteiger partial charge in [0.15, 0.2) is 0 Å². The number of methoxy groups -OCH3 is 1. The highest BCUT2D eigenvalue weighted by Gasteiger charge is 2.26. The Kier molecular flexibility index (Phi) is 7.56. The SMILES string of the molecule is COc1ccc(N(Cc2ccccc2)S(=O)(=O)c2cccc(C(=O)NNc3nc(C)c(C)s3)c2)cc1. The van der Waals surface area contributed by atoms with Gasteiger partial charge < -0.3 is 4.74 Å². The third-order valence-corrected chi connectivity index (χ3v) is 8.28. The van der Waals surface area contributed by atoms with E-state index in [0.29, 0.717) is 16.6 Å². The molecule has 4 rings (SSSR count). The number of rotatable bonds is 9. The van der Waals surface area contributed by atoms with Crippen molar-refractivity contribution in [3.8, 4) is 5.75 Å². The number of aryl methyl sites for hydroxylation is 2. The molecule has 0 radical (unpaired) electrons. The molecule has 0 saturated carbocycles. The van der Waals surface area contributed by atoms with Crippen LogP contribution in [0.2, 0.25) is 0 Å². The van der Waals surface area contributed by atoms with Gasteiger partial charge >= 0.3 is 0 Å². The first-order chi connectivity index (χ1) is 17.3. The maximum absolute atomic E-state index is 13.8. The summed E-state index contributed by atoms with van der Waals surface area (Å²) in [6.45, 7) is 3.95. The van der Waals surface area contributed by atoms with E-state index in [1.54, 1.807) is 43.5 Å². The van der Waals surface area contributed by atoms with E-state index in [9.17, 15) is 13.2 Å². The fraction of sp³-hybridized carbons (Fsp3) is 0.154. The Morgan fingerprint density at radius 3 is 2.36 bits per heavy atom. The predicted molar refractivity (Wildman–Crippen MR) is 142 cm³/mol. The molecule has 0 spiro atoms. The summed E-state index contributed by atoms with van der Waals surface area (Å²) in [6, 6.07) is 22.1. The molecule has 0 saturated heterocycles. The summed E-state index contributed by atoms with van der Waals surface area (Å²) in [5.41, 5.74) is 7.75. The molecule has 0 unspecified atom stereocenters. The summed E-state index contributed by atoms with van der Waals surface area (Å²) in [5, 5.41) is 0.552. The van der Waals surface area contributed by atoms with E-state index in [4.69, 9.17) is 4.74 Å². The van der Waals surface area contributed by atoms with E-state index in [0.717, 1.165) is 16.1 Å². The highest BCUT2D eigenvalue weighted by Crippen LogP contribution is 2.28. The van der Waals surface area contributed by atoms with E-state index in [1.807, 2.05) is 44.2 Å². The average Bonchev–Trinajstić information content (AvgIpc) is 3.23. The van der Waals surface area contributed by atoms with Crippen LogP contribution in [-0.2, 0) is 16.6 Å². The molecule has 0 bridgehead atoms. The Balaban J connectivity index is 1.62. The molecule has 1 heterocycles. The molecule has 4 aromatic rings. The van der Waals surface area contributed by atoms with Gasteiger partial charge in [0, 0.05) is 10.4 Å². The Morgan fingerprint density at radius 1 is 1.00 bits per heavy atom. The molecular weight excluding hydrogens is 496 g/mol. The molecule has 1 aromatic heterocycles. The van der Waals surface area contributed by atoms with Crippen molar-refractivity contribution in [2.24, 2.45) is 0 Å². The molecule has 0 aliphatic heterocycles. The maximum atomic E-state index is 13.8. The van der Waals surface area contributed by atoms with Crippen LogP contribution in [0.4, 0.5) is 10.8 Å². The molecule has 0 fully saturated rings. The van der Waals surface area contributed by atoms with Gasteiger partial charge in [0.25, 0.3) is 15.9 Å². The minimum absolute atomic E-state index is 0.00263. The molecule has 186 valence electrons. The highest BCUT2D eigenvalue weighted by molar-refractivity contribution is 7.92. The zero-order valence-electron chi connectivity index (χ0n) is 20.1. The van der Waals surface area contributed by atoms with E-state index in [2.05, 4.69) is 15.8 Å². The van der Waals surface area contributed by atoms with Gasteiger partial charge in [-0.25, -0.2) is 13.4 Å². The number of amides is 1. The number of ether oxygens (including phenoxy) is 1. The van der Waals surface area contributed by atoms with Crippen molar-refractivity contribution < 1.29 is 17.9 Å². The van der Waals surface area contributed by atoms with E-state index < -0.39 is 15.9 Å². The lowest BCUT2D eigenvalue weighted by Gasteiger charge is -2.25. The summed E-state index contributed by atoms with van der Waals surface area (Å²) < 4.78 is 34.2. The zero-order valence-corrected chi connectivity index (χ0v) is 21.7. The summed E-state index contributed by atoms with van der Waals surface area (Å²) in [7, 11) is -2.46. The molecule has 36 heavy (non-hydrogen) atoms. The largest absolute Gasteiger partial charge is 0.497 e. The summed E-state index contributed by atoms with van der Waals surface area (Å²) in [6.07, 6.45) is 0. The third kappa shape index (κ3) is 5.67. The van der Waals surface area contributed by atoms with E-state index >= 15 is 0 Å². The van der Waals surface area contributed by atoms with Gasteiger partial charge in [-0.3, -0.25) is 20.0 Å². The Bertz CT molecular complexity index is 1430. The van der Waals surface area contributed by atoms with Crippen molar-refractivity contribution in [2.75, 3.05) is 16.8 Å². The van der Waals surface area contributed by atoms with Crippen LogP contribution in [0, 0.1) is 13.8 Å². The minimum Gasteiger partial charge on any atom is -0.497 e. The number of hydrogen-bond acceptors (Lipinski definition) is 7. The molecule has 2 N–H and O–H groups in total. The number of nitrogens with zero attached hydrogens (tertiary/aromatic N) is 2. The smallest absolute Gasteiger partial charge is 0.269 e. The monoisotopic (exact) mass is 522 g/mol. The fourth-order valence-corrected chi connectivity index (χ4v) is 5.71. The van der Waals surface area contributed by atoms with Crippen LogP contribution in [0.5, 0.6) is 5.75 Å². The van der Waals surface area contributed by atoms with Gasteiger partial charge in [0.05, 0.1) is 29.9 Å². The molecule has 0 atom stereocenters. The van der Waals surface area contributed by atoms with Crippen molar-refractivity contribution in [3.63, 3.8) is 0 Å². The lowest BCUT2D eigenvalue weighted by Crippen LogP contribution is -2.32.